The third-order valence-electron chi connectivity index (χ3n) is 2.99. The second kappa shape index (κ2) is 3.68. The summed E-state index contributed by atoms with van der Waals surface area (Å²) in [7, 11) is 0. The Morgan fingerprint density at radius 3 is 2.14 bits per heavy atom. The Kier molecular flexibility index (Phi) is 2.53. The van der Waals surface area contributed by atoms with Gasteiger partial charge in [-0.3, -0.25) is 0 Å². The minimum Gasteiger partial charge on any atom is -0.207 e. The molecule has 0 nitrogen and oxygen atoms in total. The lowest BCUT2D eigenvalue weighted by Gasteiger charge is -2.28. The lowest BCUT2D eigenvalue weighted by Crippen LogP contribution is -2.23. The van der Waals surface area contributed by atoms with Crippen molar-refractivity contribution in [2.24, 2.45) is 0 Å². The number of hydrogen-bond acceptors (Lipinski definition) is 0. The first-order valence-corrected chi connectivity index (χ1v) is 5.10. The lowest BCUT2D eigenvalue weighted by atomic mass is 9.82. The van der Waals surface area contributed by atoms with Crippen molar-refractivity contribution in [3.63, 3.8) is 0 Å². The summed E-state index contributed by atoms with van der Waals surface area (Å²) in [4.78, 5) is 0. The molecular weight excluding hydrogens is 182 g/mol. The molecule has 1 aromatic rings. The molecule has 0 aliphatic heterocycles. The number of halogens is 2. The van der Waals surface area contributed by atoms with E-state index in [4.69, 9.17) is 0 Å². The van der Waals surface area contributed by atoms with Gasteiger partial charge in [0.25, 0.3) is 0 Å². The van der Waals surface area contributed by atoms with E-state index in [9.17, 15) is 8.78 Å². The van der Waals surface area contributed by atoms with Crippen molar-refractivity contribution in [3.05, 3.63) is 35.9 Å². The van der Waals surface area contributed by atoms with Crippen molar-refractivity contribution < 1.29 is 8.78 Å². The minimum absolute atomic E-state index is 0.0482. The van der Waals surface area contributed by atoms with Crippen LogP contribution in [0.1, 0.15) is 37.2 Å². The van der Waals surface area contributed by atoms with E-state index in [-0.39, 0.29) is 12.8 Å². The molecule has 2 rings (SSSR count). The van der Waals surface area contributed by atoms with Gasteiger partial charge in [0.15, 0.2) is 0 Å². The van der Waals surface area contributed by atoms with Crippen LogP contribution in [0.3, 0.4) is 0 Å². The van der Waals surface area contributed by atoms with E-state index < -0.39 is 5.92 Å². The van der Waals surface area contributed by atoms with Crippen molar-refractivity contribution in [1.82, 2.24) is 0 Å². The molecule has 0 saturated heterocycles. The fourth-order valence-electron chi connectivity index (χ4n) is 2.10. The summed E-state index contributed by atoms with van der Waals surface area (Å²) in [6.07, 6.45) is 1.34. The summed E-state index contributed by atoms with van der Waals surface area (Å²) >= 11 is 0. The average molecular weight is 196 g/mol. The van der Waals surface area contributed by atoms with Gasteiger partial charge in [-0.05, 0) is 24.3 Å². The van der Waals surface area contributed by atoms with Gasteiger partial charge in [0.05, 0.1) is 0 Å². The summed E-state index contributed by atoms with van der Waals surface area (Å²) < 4.78 is 25.8. The van der Waals surface area contributed by atoms with E-state index in [1.165, 1.54) is 5.56 Å². The molecule has 1 fully saturated rings. The maximum atomic E-state index is 12.9. The summed E-state index contributed by atoms with van der Waals surface area (Å²) in [5.41, 5.74) is 1.21. The summed E-state index contributed by atoms with van der Waals surface area (Å²) in [6, 6.07) is 9.98. The second-order valence-corrected chi connectivity index (χ2v) is 4.04. The fourth-order valence-corrected chi connectivity index (χ4v) is 2.10. The van der Waals surface area contributed by atoms with Crippen LogP contribution in [0, 0.1) is 0 Å². The van der Waals surface area contributed by atoms with E-state index in [1.54, 1.807) is 0 Å². The zero-order valence-corrected chi connectivity index (χ0v) is 8.05. The average Bonchev–Trinajstić information content (AvgIpc) is 2.19. The maximum Gasteiger partial charge on any atom is 0.248 e. The van der Waals surface area contributed by atoms with Crippen molar-refractivity contribution in [2.75, 3.05) is 0 Å². The van der Waals surface area contributed by atoms with Crippen LogP contribution in [-0.2, 0) is 0 Å². The van der Waals surface area contributed by atoms with Gasteiger partial charge in [-0.15, -0.1) is 0 Å². The number of hydrogen-bond donors (Lipinski definition) is 0. The molecule has 1 saturated carbocycles. The molecule has 14 heavy (non-hydrogen) atoms. The van der Waals surface area contributed by atoms with E-state index in [0.29, 0.717) is 18.8 Å². The van der Waals surface area contributed by atoms with Gasteiger partial charge < -0.3 is 0 Å². The van der Waals surface area contributed by atoms with Crippen LogP contribution in [-0.4, -0.2) is 5.92 Å². The quantitative estimate of drug-likeness (QED) is 0.637. The molecule has 0 spiro atoms. The number of benzene rings is 1. The first-order valence-electron chi connectivity index (χ1n) is 5.10. The van der Waals surface area contributed by atoms with Crippen LogP contribution in [0.15, 0.2) is 30.3 Å². The normalized spacial score (nSPS) is 22.1. The lowest BCUT2D eigenvalue weighted by molar-refractivity contribution is -0.0382. The molecule has 0 N–H and O–H groups in total. The van der Waals surface area contributed by atoms with Crippen molar-refractivity contribution in [2.45, 2.75) is 37.5 Å². The Labute approximate surface area is 82.9 Å². The third kappa shape index (κ3) is 2.11. The molecule has 0 bridgehead atoms. The zero-order chi connectivity index (χ0) is 10.0. The Bertz CT molecular complexity index is 282. The van der Waals surface area contributed by atoms with E-state index in [1.807, 2.05) is 30.3 Å². The molecule has 1 aliphatic carbocycles. The van der Waals surface area contributed by atoms with Crippen LogP contribution >= 0.6 is 0 Å². The molecule has 0 unspecified atom stereocenters. The van der Waals surface area contributed by atoms with Crippen molar-refractivity contribution in [1.29, 1.82) is 0 Å². The number of rotatable bonds is 1. The summed E-state index contributed by atoms with van der Waals surface area (Å²) in [5.74, 6) is -2.07. The van der Waals surface area contributed by atoms with Crippen LogP contribution in [0.5, 0.6) is 0 Å². The highest BCUT2D eigenvalue weighted by Crippen LogP contribution is 2.40. The van der Waals surface area contributed by atoms with Gasteiger partial charge >= 0.3 is 0 Å². The SMILES string of the molecule is FC1(F)CCC(c2ccccc2)CC1. The van der Waals surface area contributed by atoms with Crippen LogP contribution < -0.4 is 0 Å². The van der Waals surface area contributed by atoms with Crippen LogP contribution in [0.2, 0.25) is 0 Å². The zero-order valence-electron chi connectivity index (χ0n) is 8.05. The summed E-state index contributed by atoms with van der Waals surface area (Å²) in [6.45, 7) is 0. The van der Waals surface area contributed by atoms with Gasteiger partial charge in [0.2, 0.25) is 5.92 Å². The Hall–Kier alpha value is -0.920. The van der Waals surface area contributed by atoms with Gasteiger partial charge in [-0.25, -0.2) is 8.78 Å². The molecule has 1 aromatic carbocycles. The monoisotopic (exact) mass is 196 g/mol. The van der Waals surface area contributed by atoms with Crippen molar-refractivity contribution >= 4 is 0 Å². The molecule has 0 radical (unpaired) electrons. The molecular formula is C12H14F2. The molecule has 2 heteroatoms. The van der Waals surface area contributed by atoms with E-state index in [2.05, 4.69) is 0 Å². The molecule has 1 aliphatic rings. The standard InChI is InChI=1S/C12H14F2/c13-12(14)8-6-11(7-9-12)10-4-2-1-3-5-10/h1-5,11H,6-9H2. The Balaban J connectivity index is 2.03. The largest absolute Gasteiger partial charge is 0.248 e. The molecule has 0 heterocycles. The van der Waals surface area contributed by atoms with Gasteiger partial charge in [0.1, 0.15) is 0 Å². The third-order valence-corrected chi connectivity index (χ3v) is 2.99. The molecule has 76 valence electrons. The highest BCUT2D eigenvalue weighted by molar-refractivity contribution is 5.20. The Morgan fingerprint density at radius 2 is 1.57 bits per heavy atom. The predicted molar refractivity (Wildman–Crippen MR) is 52.6 cm³/mol. The summed E-state index contributed by atoms with van der Waals surface area (Å²) in [5, 5.41) is 0. The van der Waals surface area contributed by atoms with Gasteiger partial charge in [-0.1, -0.05) is 30.3 Å². The molecule has 0 atom stereocenters. The predicted octanol–water partition coefficient (Wildman–Crippen LogP) is 3.98. The maximum absolute atomic E-state index is 12.9. The van der Waals surface area contributed by atoms with Crippen LogP contribution in [0.4, 0.5) is 8.78 Å². The minimum atomic E-state index is -2.41. The first-order chi connectivity index (χ1) is 6.67. The smallest absolute Gasteiger partial charge is 0.207 e. The topological polar surface area (TPSA) is 0 Å². The Morgan fingerprint density at radius 1 is 1.00 bits per heavy atom. The second-order valence-electron chi connectivity index (χ2n) is 4.04. The molecule has 0 amide bonds. The molecule has 0 aromatic heterocycles. The van der Waals surface area contributed by atoms with Gasteiger partial charge in [0, 0.05) is 12.8 Å². The van der Waals surface area contributed by atoms with Crippen molar-refractivity contribution in [3.8, 4) is 0 Å². The van der Waals surface area contributed by atoms with E-state index >= 15 is 0 Å². The van der Waals surface area contributed by atoms with Crippen LogP contribution in [0.25, 0.3) is 0 Å². The van der Waals surface area contributed by atoms with E-state index in [0.717, 1.165) is 0 Å². The number of alkyl halides is 2. The highest BCUT2D eigenvalue weighted by Gasteiger charge is 2.35. The van der Waals surface area contributed by atoms with Gasteiger partial charge in [-0.2, -0.15) is 0 Å². The first kappa shape index (κ1) is 9.63. The highest BCUT2D eigenvalue weighted by atomic mass is 19.3. The fraction of sp³-hybridized carbons (Fsp3) is 0.500.